The predicted octanol–water partition coefficient (Wildman–Crippen LogP) is 2.62. The number of hydrogen-bond acceptors (Lipinski definition) is 3. The summed E-state index contributed by atoms with van der Waals surface area (Å²) < 4.78 is 0. The number of anilines is 1. The molecule has 7 nitrogen and oxygen atoms in total. The van der Waals surface area contributed by atoms with Gasteiger partial charge in [0.05, 0.1) is 12.6 Å². The van der Waals surface area contributed by atoms with E-state index in [1.54, 1.807) is 16.8 Å². The summed E-state index contributed by atoms with van der Waals surface area (Å²) in [7, 11) is 1.66. The number of amides is 2. The molecule has 166 valence electrons. The summed E-state index contributed by atoms with van der Waals surface area (Å²) >= 11 is 0. The molecule has 1 saturated heterocycles. The van der Waals surface area contributed by atoms with Crippen molar-refractivity contribution in [3.05, 3.63) is 66.2 Å². The normalized spacial score (nSPS) is 15.9. The molecule has 1 unspecified atom stereocenters. The van der Waals surface area contributed by atoms with Crippen molar-refractivity contribution in [2.75, 3.05) is 31.6 Å². The molecule has 1 fully saturated rings. The van der Waals surface area contributed by atoms with E-state index in [1.165, 1.54) is 0 Å². The number of aliphatic imine (C=N–C) groups is 1. The number of hydrogen-bond donors (Lipinski definition) is 2. The molecular formula is C23H30IN5O2. The van der Waals surface area contributed by atoms with Crippen molar-refractivity contribution in [3.8, 4) is 0 Å². The van der Waals surface area contributed by atoms with Crippen LogP contribution in [0.25, 0.3) is 0 Å². The number of nitrogens with one attached hydrogen (secondary N) is 2. The molecule has 2 aromatic rings. The monoisotopic (exact) mass is 535 g/mol. The summed E-state index contributed by atoms with van der Waals surface area (Å²) in [5.41, 5.74) is 1.99. The van der Waals surface area contributed by atoms with Crippen LogP contribution in [0.4, 0.5) is 5.69 Å². The Labute approximate surface area is 200 Å². The van der Waals surface area contributed by atoms with Crippen molar-refractivity contribution in [2.45, 2.75) is 25.9 Å². The van der Waals surface area contributed by atoms with E-state index in [4.69, 9.17) is 0 Å². The summed E-state index contributed by atoms with van der Waals surface area (Å²) in [6.45, 7) is 3.88. The standard InChI is InChI=1S/C23H29N5O2.HI/c1-3-27(16-18-10-6-4-7-11-18)22(30)15-25-23(24-2)26-19-14-21(29)28(17-19)20-12-8-5-9-13-20;/h4-13,19H,3,14-17H2,1-2H3,(H2,24,25,26);1H. The van der Waals surface area contributed by atoms with E-state index in [1.807, 2.05) is 67.6 Å². The quantitative estimate of drug-likeness (QED) is 0.325. The highest BCUT2D eigenvalue weighted by atomic mass is 127. The van der Waals surface area contributed by atoms with E-state index in [0.717, 1.165) is 11.3 Å². The van der Waals surface area contributed by atoms with Crippen molar-refractivity contribution >= 4 is 47.4 Å². The zero-order chi connectivity index (χ0) is 21.3. The largest absolute Gasteiger partial charge is 0.351 e. The smallest absolute Gasteiger partial charge is 0.242 e. The Morgan fingerprint density at radius 3 is 2.39 bits per heavy atom. The Balaban J connectivity index is 0.00000341. The second-order valence-electron chi connectivity index (χ2n) is 7.20. The van der Waals surface area contributed by atoms with Crippen LogP contribution in [0.3, 0.4) is 0 Å². The van der Waals surface area contributed by atoms with Gasteiger partial charge in [0.2, 0.25) is 11.8 Å². The summed E-state index contributed by atoms with van der Waals surface area (Å²) in [4.78, 5) is 32.8. The zero-order valence-electron chi connectivity index (χ0n) is 18.0. The number of para-hydroxylation sites is 1. The predicted molar refractivity (Wildman–Crippen MR) is 135 cm³/mol. The highest BCUT2D eigenvalue weighted by Crippen LogP contribution is 2.20. The van der Waals surface area contributed by atoms with Crippen LogP contribution < -0.4 is 15.5 Å². The summed E-state index contributed by atoms with van der Waals surface area (Å²) in [5.74, 6) is 0.592. The number of likely N-dealkylation sites (N-methyl/N-ethyl adjacent to an activating group) is 1. The fourth-order valence-electron chi connectivity index (χ4n) is 3.50. The van der Waals surface area contributed by atoms with Crippen LogP contribution in [-0.2, 0) is 16.1 Å². The minimum Gasteiger partial charge on any atom is -0.351 e. The molecule has 0 radical (unpaired) electrons. The number of rotatable bonds is 7. The topological polar surface area (TPSA) is 77.0 Å². The molecule has 31 heavy (non-hydrogen) atoms. The third-order valence-electron chi connectivity index (χ3n) is 5.12. The second kappa shape index (κ2) is 12.3. The number of guanidine groups is 1. The van der Waals surface area contributed by atoms with Gasteiger partial charge in [0, 0.05) is 38.8 Å². The van der Waals surface area contributed by atoms with Gasteiger partial charge in [-0.2, -0.15) is 0 Å². The van der Waals surface area contributed by atoms with Gasteiger partial charge in [-0.1, -0.05) is 48.5 Å². The minimum atomic E-state index is -0.0643. The number of benzene rings is 2. The van der Waals surface area contributed by atoms with E-state index in [9.17, 15) is 9.59 Å². The van der Waals surface area contributed by atoms with Crippen molar-refractivity contribution in [2.24, 2.45) is 4.99 Å². The minimum absolute atomic E-state index is 0. The van der Waals surface area contributed by atoms with Crippen LogP contribution in [0, 0.1) is 0 Å². The Morgan fingerprint density at radius 2 is 1.77 bits per heavy atom. The molecule has 3 rings (SSSR count). The van der Waals surface area contributed by atoms with Gasteiger partial charge in [0.1, 0.15) is 0 Å². The lowest BCUT2D eigenvalue weighted by Gasteiger charge is -2.23. The lowest BCUT2D eigenvalue weighted by Crippen LogP contribution is -2.48. The van der Waals surface area contributed by atoms with E-state index >= 15 is 0 Å². The van der Waals surface area contributed by atoms with Gasteiger partial charge in [-0.25, -0.2) is 0 Å². The molecule has 0 saturated carbocycles. The molecule has 1 heterocycles. The van der Waals surface area contributed by atoms with Crippen LogP contribution in [0.2, 0.25) is 0 Å². The molecule has 0 aliphatic carbocycles. The molecule has 0 aromatic heterocycles. The maximum absolute atomic E-state index is 12.6. The average Bonchev–Trinajstić information content (AvgIpc) is 3.16. The van der Waals surface area contributed by atoms with Crippen LogP contribution in [-0.4, -0.2) is 55.4 Å². The molecule has 1 atom stereocenters. The molecule has 0 spiro atoms. The van der Waals surface area contributed by atoms with Gasteiger partial charge in [-0.15, -0.1) is 24.0 Å². The van der Waals surface area contributed by atoms with Gasteiger partial charge in [0.15, 0.2) is 5.96 Å². The molecule has 2 N–H and O–H groups in total. The first kappa shape index (κ1) is 24.6. The van der Waals surface area contributed by atoms with Crippen LogP contribution >= 0.6 is 24.0 Å². The molecule has 2 amide bonds. The van der Waals surface area contributed by atoms with E-state index < -0.39 is 0 Å². The maximum Gasteiger partial charge on any atom is 0.242 e. The fourth-order valence-corrected chi connectivity index (χ4v) is 3.50. The first-order valence-electron chi connectivity index (χ1n) is 10.2. The van der Waals surface area contributed by atoms with E-state index in [2.05, 4.69) is 15.6 Å². The molecular weight excluding hydrogens is 505 g/mol. The Bertz CT molecular complexity index is 876. The van der Waals surface area contributed by atoms with Crippen molar-refractivity contribution in [3.63, 3.8) is 0 Å². The van der Waals surface area contributed by atoms with Crippen LogP contribution in [0.5, 0.6) is 0 Å². The van der Waals surface area contributed by atoms with E-state index in [0.29, 0.717) is 32.0 Å². The lowest BCUT2D eigenvalue weighted by atomic mass is 10.2. The maximum atomic E-state index is 12.6. The fraction of sp³-hybridized carbons (Fsp3) is 0.348. The van der Waals surface area contributed by atoms with Gasteiger partial charge < -0.3 is 20.4 Å². The van der Waals surface area contributed by atoms with Gasteiger partial charge in [0.25, 0.3) is 0 Å². The molecule has 8 heteroatoms. The Morgan fingerprint density at radius 1 is 1.13 bits per heavy atom. The zero-order valence-corrected chi connectivity index (χ0v) is 20.3. The van der Waals surface area contributed by atoms with Crippen molar-refractivity contribution in [1.82, 2.24) is 15.5 Å². The van der Waals surface area contributed by atoms with E-state index in [-0.39, 0.29) is 48.4 Å². The summed E-state index contributed by atoms with van der Waals surface area (Å²) in [5, 5.41) is 6.35. The Kier molecular flexibility index (Phi) is 9.77. The first-order valence-corrected chi connectivity index (χ1v) is 10.2. The highest BCUT2D eigenvalue weighted by Gasteiger charge is 2.31. The number of nitrogens with zero attached hydrogens (tertiary/aromatic N) is 3. The second-order valence-corrected chi connectivity index (χ2v) is 7.20. The van der Waals surface area contributed by atoms with Crippen LogP contribution in [0.1, 0.15) is 18.9 Å². The number of carbonyl (C=O) groups excluding carboxylic acids is 2. The Hall–Kier alpha value is -2.62. The molecule has 1 aliphatic rings. The van der Waals surface area contributed by atoms with Crippen molar-refractivity contribution in [1.29, 1.82) is 0 Å². The first-order chi connectivity index (χ1) is 14.6. The van der Waals surface area contributed by atoms with Gasteiger partial charge >= 0.3 is 0 Å². The third kappa shape index (κ3) is 6.95. The number of carbonyl (C=O) groups is 2. The van der Waals surface area contributed by atoms with Gasteiger partial charge in [-0.3, -0.25) is 14.6 Å². The van der Waals surface area contributed by atoms with Gasteiger partial charge in [-0.05, 0) is 24.6 Å². The third-order valence-corrected chi connectivity index (χ3v) is 5.12. The average molecular weight is 535 g/mol. The van der Waals surface area contributed by atoms with Crippen molar-refractivity contribution < 1.29 is 9.59 Å². The van der Waals surface area contributed by atoms with Crippen LogP contribution in [0.15, 0.2) is 65.7 Å². The SMILES string of the molecule is CCN(Cc1ccccc1)C(=O)CNC(=NC)NC1CC(=O)N(c2ccccc2)C1.I. The number of halogens is 1. The molecule has 2 aromatic carbocycles. The molecule has 1 aliphatic heterocycles. The summed E-state index contributed by atoms with van der Waals surface area (Å²) in [6, 6.07) is 19.5. The lowest BCUT2D eigenvalue weighted by molar-refractivity contribution is -0.130. The summed E-state index contributed by atoms with van der Waals surface area (Å²) in [6.07, 6.45) is 0.388. The highest BCUT2D eigenvalue weighted by molar-refractivity contribution is 14.0. The molecule has 0 bridgehead atoms.